The van der Waals surface area contributed by atoms with E-state index in [1.54, 1.807) is 19.0 Å². The predicted molar refractivity (Wildman–Crippen MR) is 95.5 cm³/mol. The number of nitrogens with one attached hydrogen (secondary N) is 2. The van der Waals surface area contributed by atoms with E-state index in [0.29, 0.717) is 12.5 Å². The summed E-state index contributed by atoms with van der Waals surface area (Å²) in [5.74, 6) is 0.664. The molecule has 23 heavy (non-hydrogen) atoms. The number of hydrogen-bond acceptors (Lipinski definition) is 2. The molecule has 0 heterocycles. The van der Waals surface area contributed by atoms with Gasteiger partial charge < -0.3 is 15.5 Å². The van der Waals surface area contributed by atoms with Gasteiger partial charge >= 0.3 is 0 Å². The fraction of sp³-hybridized carbons (Fsp3) is 0.333. The van der Waals surface area contributed by atoms with Gasteiger partial charge in [0.1, 0.15) is 0 Å². The van der Waals surface area contributed by atoms with Crippen LogP contribution in [0.25, 0.3) is 10.8 Å². The number of carbonyl (C=O) groups excluding carboxylic acids is 1. The van der Waals surface area contributed by atoms with Gasteiger partial charge in [0, 0.05) is 20.6 Å². The first-order chi connectivity index (χ1) is 11.1. The Kier molecular flexibility index (Phi) is 5.97. The molecule has 0 saturated heterocycles. The third kappa shape index (κ3) is 4.98. The van der Waals surface area contributed by atoms with Gasteiger partial charge in [0.25, 0.3) is 0 Å². The van der Waals surface area contributed by atoms with Gasteiger partial charge in [-0.25, -0.2) is 4.99 Å². The Morgan fingerprint density at radius 1 is 1.09 bits per heavy atom. The molecule has 0 atom stereocenters. The Balaban J connectivity index is 2.04. The molecule has 5 heteroatoms. The Bertz CT molecular complexity index is 694. The van der Waals surface area contributed by atoms with Crippen LogP contribution >= 0.6 is 0 Å². The molecule has 0 aliphatic rings. The minimum atomic E-state index is 0.0151. The number of benzene rings is 2. The van der Waals surface area contributed by atoms with Crippen LogP contribution < -0.4 is 10.6 Å². The van der Waals surface area contributed by atoms with E-state index >= 15 is 0 Å². The molecule has 0 radical (unpaired) electrons. The standard InChI is InChI=1S/C18H24N4O/c1-4-19-18(21-13-17(23)22(2)3)20-12-14-9-10-15-7-5-6-8-16(15)11-14/h5-11H,4,12-13H2,1-3H3,(H2,19,20,21). The van der Waals surface area contributed by atoms with Crippen molar-refractivity contribution in [3.63, 3.8) is 0 Å². The van der Waals surface area contributed by atoms with Crippen LogP contribution in [0.5, 0.6) is 0 Å². The zero-order valence-electron chi connectivity index (χ0n) is 14.0. The molecule has 2 N–H and O–H groups in total. The minimum Gasteiger partial charge on any atom is -0.357 e. The zero-order valence-corrected chi connectivity index (χ0v) is 14.0. The van der Waals surface area contributed by atoms with Crippen LogP contribution in [0.4, 0.5) is 0 Å². The van der Waals surface area contributed by atoms with E-state index < -0.39 is 0 Å². The molecule has 0 spiro atoms. The van der Waals surface area contributed by atoms with Crippen molar-refractivity contribution in [1.29, 1.82) is 0 Å². The Morgan fingerprint density at radius 2 is 1.83 bits per heavy atom. The van der Waals surface area contributed by atoms with E-state index in [9.17, 15) is 4.79 Å². The van der Waals surface area contributed by atoms with Crippen LogP contribution in [0.2, 0.25) is 0 Å². The summed E-state index contributed by atoms with van der Waals surface area (Å²) < 4.78 is 0. The maximum absolute atomic E-state index is 11.7. The second kappa shape index (κ2) is 8.17. The molecule has 2 aromatic carbocycles. The van der Waals surface area contributed by atoms with Crippen LogP contribution in [0.1, 0.15) is 12.5 Å². The summed E-state index contributed by atoms with van der Waals surface area (Å²) in [6.07, 6.45) is 0. The van der Waals surface area contributed by atoms with E-state index in [2.05, 4.69) is 46.0 Å². The maximum atomic E-state index is 11.7. The molecule has 2 aromatic rings. The molecule has 1 amide bonds. The highest BCUT2D eigenvalue weighted by Gasteiger charge is 2.05. The predicted octanol–water partition coefficient (Wildman–Crippen LogP) is 1.98. The molecular weight excluding hydrogens is 288 g/mol. The molecule has 122 valence electrons. The highest BCUT2D eigenvalue weighted by molar-refractivity contribution is 5.86. The normalized spacial score (nSPS) is 11.3. The third-order valence-electron chi connectivity index (χ3n) is 3.48. The van der Waals surface area contributed by atoms with E-state index in [0.717, 1.165) is 12.1 Å². The molecule has 5 nitrogen and oxygen atoms in total. The number of carbonyl (C=O) groups is 1. The van der Waals surface area contributed by atoms with Crippen molar-refractivity contribution >= 4 is 22.6 Å². The van der Waals surface area contributed by atoms with Crippen molar-refractivity contribution in [3.05, 3.63) is 48.0 Å². The van der Waals surface area contributed by atoms with Crippen molar-refractivity contribution in [2.24, 2.45) is 4.99 Å². The van der Waals surface area contributed by atoms with Crippen molar-refractivity contribution < 1.29 is 4.79 Å². The lowest BCUT2D eigenvalue weighted by molar-refractivity contribution is -0.127. The summed E-state index contributed by atoms with van der Waals surface area (Å²) in [6, 6.07) is 14.6. The third-order valence-corrected chi connectivity index (χ3v) is 3.48. The SMILES string of the molecule is CCNC(=NCc1ccc2ccccc2c1)NCC(=O)N(C)C. The van der Waals surface area contributed by atoms with Gasteiger partial charge in [-0.3, -0.25) is 4.79 Å². The van der Waals surface area contributed by atoms with Gasteiger partial charge in [0.2, 0.25) is 5.91 Å². The molecule has 0 aliphatic heterocycles. The number of hydrogen-bond donors (Lipinski definition) is 2. The highest BCUT2D eigenvalue weighted by Crippen LogP contribution is 2.16. The van der Waals surface area contributed by atoms with Gasteiger partial charge in [-0.1, -0.05) is 36.4 Å². The minimum absolute atomic E-state index is 0.0151. The van der Waals surface area contributed by atoms with Crippen LogP contribution in [-0.4, -0.2) is 44.0 Å². The summed E-state index contributed by atoms with van der Waals surface area (Å²) in [5, 5.41) is 8.64. The lowest BCUT2D eigenvalue weighted by atomic mass is 10.1. The van der Waals surface area contributed by atoms with E-state index in [1.165, 1.54) is 10.8 Å². The highest BCUT2D eigenvalue weighted by atomic mass is 16.2. The molecule has 0 fully saturated rings. The number of rotatable bonds is 5. The first-order valence-electron chi connectivity index (χ1n) is 7.80. The fourth-order valence-corrected chi connectivity index (χ4v) is 2.17. The first-order valence-corrected chi connectivity index (χ1v) is 7.80. The summed E-state index contributed by atoms with van der Waals surface area (Å²) >= 11 is 0. The van der Waals surface area contributed by atoms with E-state index in [1.807, 2.05) is 19.1 Å². The number of guanidine groups is 1. The smallest absolute Gasteiger partial charge is 0.241 e. The number of amides is 1. The van der Waals surface area contributed by atoms with Crippen molar-refractivity contribution in [2.45, 2.75) is 13.5 Å². The monoisotopic (exact) mass is 312 g/mol. The van der Waals surface area contributed by atoms with Crippen LogP contribution in [-0.2, 0) is 11.3 Å². The second-order valence-corrected chi connectivity index (χ2v) is 5.52. The number of nitrogens with zero attached hydrogens (tertiary/aromatic N) is 2. The Morgan fingerprint density at radius 3 is 2.52 bits per heavy atom. The second-order valence-electron chi connectivity index (χ2n) is 5.52. The molecule has 0 unspecified atom stereocenters. The zero-order chi connectivity index (χ0) is 16.7. The number of fused-ring (bicyclic) bond motifs is 1. The van der Waals surface area contributed by atoms with Gasteiger partial charge in [-0.05, 0) is 29.3 Å². The molecule has 2 rings (SSSR count). The van der Waals surface area contributed by atoms with Crippen LogP contribution in [0, 0.1) is 0 Å². The quantitative estimate of drug-likeness (QED) is 0.656. The Labute approximate surface area is 137 Å². The van der Waals surface area contributed by atoms with Gasteiger partial charge in [0.15, 0.2) is 5.96 Å². The summed E-state index contributed by atoms with van der Waals surface area (Å²) in [7, 11) is 3.48. The van der Waals surface area contributed by atoms with Crippen molar-refractivity contribution in [3.8, 4) is 0 Å². The van der Waals surface area contributed by atoms with E-state index in [4.69, 9.17) is 0 Å². The molecular formula is C18H24N4O. The van der Waals surface area contributed by atoms with Crippen molar-refractivity contribution in [1.82, 2.24) is 15.5 Å². The lowest BCUT2D eigenvalue weighted by Crippen LogP contribution is -2.42. The number of likely N-dealkylation sites (N-methyl/N-ethyl adjacent to an activating group) is 1. The topological polar surface area (TPSA) is 56.7 Å². The lowest BCUT2D eigenvalue weighted by Gasteiger charge is -2.14. The molecule has 0 aliphatic carbocycles. The van der Waals surface area contributed by atoms with Gasteiger partial charge in [-0.2, -0.15) is 0 Å². The average Bonchev–Trinajstić information content (AvgIpc) is 2.56. The molecule has 0 aromatic heterocycles. The first kappa shape index (κ1) is 16.8. The van der Waals surface area contributed by atoms with Gasteiger partial charge in [0.05, 0.1) is 13.1 Å². The molecule has 0 bridgehead atoms. The summed E-state index contributed by atoms with van der Waals surface area (Å²) in [4.78, 5) is 17.8. The Hall–Kier alpha value is -2.56. The number of aliphatic imine (C=N–C) groups is 1. The molecule has 0 saturated carbocycles. The van der Waals surface area contributed by atoms with Crippen molar-refractivity contribution in [2.75, 3.05) is 27.2 Å². The van der Waals surface area contributed by atoms with Crippen LogP contribution in [0.3, 0.4) is 0 Å². The average molecular weight is 312 g/mol. The van der Waals surface area contributed by atoms with E-state index in [-0.39, 0.29) is 12.5 Å². The van der Waals surface area contributed by atoms with Crippen LogP contribution in [0.15, 0.2) is 47.5 Å². The summed E-state index contributed by atoms with van der Waals surface area (Å²) in [6.45, 7) is 3.55. The summed E-state index contributed by atoms with van der Waals surface area (Å²) in [5.41, 5.74) is 1.14. The van der Waals surface area contributed by atoms with Gasteiger partial charge in [-0.15, -0.1) is 0 Å². The largest absolute Gasteiger partial charge is 0.357 e. The fourth-order valence-electron chi connectivity index (χ4n) is 2.17. The maximum Gasteiger partial charge on any atom is 0.241 e.